The van der Waals surface area contributed by atoms with E-state index in [-0.39, 0.29) is 5.54 Å². The molecule has 1 aromatic rings. The Kier molecular flexibility index (Phi) is 4.32. The Morgan fingerprint density at radius 3 is 2.76 bits per heavy atom. The van der Waals surface area contributed by atoms with E-state index in [0.29, 0.717) is 0 Å². The average molecular weight is 287 g/mol. The summed E-state index contributed by atoms with van der Waals surface area (Å²) in [5.41, 5.74) is 8.70. The molecular formula is C18H29N3. The Morgan fingerprint density at radius 1 is 1.29 bits per heavy atom. The second kappa shape index (κ2) is 6.05. The number of rotatable bonds is 5. The van der Waals surface area contributed by atoms with E-state index in [1.807, 2.05) is 0 Å². The van der Waals surface area contributed by atoms with Crippen molar-refractivity contribution in [1.82, 2.24) is 9.88 Å². The van der Waals surface area contributed by atoms with Crippen LogP contribution in [0.1, 0.15) is 49.9 Å². The first-order valence-corrected chi connectivity index (χ1v) is 8.47. The molecule has 2 unspecified atom stereocenters. The lowest BCUT2D eigenvalue weighted by Crippen LogP contribution is -2.54. The quantitative estimate of drug-likeness (QED) is 0.904. The minimum Gasteiger partial charge on any atom is -0.329 e. The van der Waals surface area contributed by atoms with Crippen LogP contribution in [0.25, 0.3) is 0 Å². The average Bonchev–Trinajstić information content (AvgIpc) is 3.32. The van der Waals surface area contributed by atoms with E-state index in [4.69, 9.17) is 5.73 Å². The molecule has 1 aromatic heterocycles. The van der Waals surface area contributed by atoms with Gasteiger partial charge in [-0.3, -0.25) is 9.88 Å². The van der Waals surface area contributed by atoms with E-state index >= 15 is 0 Å². The lowest BCUT2D eigenvalue weighted by molar-refractivity contribution is 0.0450. The molecule has 1 heterocycles. The summed E-state index contributed by atoms with van der Waals surface area (Å²) in [4.78, 5) is 7.15. The van der Waals surface area contributed by atoms with Crippen molar-refractivity contribution < 1.29 is 0 Å². The van der Waals surface area contributed by atoms with Gasteiger partial charge >= 0.3 is 0 Å². The van der Waals surface area contributed by atoms with Crippen molar-refractivity contribution >= 4 is 0 Å². The first-order chi connectivity index (χ1) is 10.1. The van der Waals surface area contributed by atoms with Crippen molar-refractivity contribution in [3.8, 4) is 0 Å². The van der Waals surface area contributed by atoms with Crippen LogP contribution in [0.4, 0.5) is 0 Å². The molecule has 0 aliphatic heterocycles. The van der Waals surface area contributed by atoms with E-state index in [9.17, 15) is 0 Å². The van der Waals surface area contributed by atoms with Crippen molar-refractivity contribution in [3.05, 3.63) is 29.6 Å². The summed E-state index contributed by atoms with van der Waals surface area (Å²) < 4.78 is 0. The van der Waals surface area contributed by atoms with Gasteiger partial charge in [0.25, 0.3) is 0 Å². The van der Waals surface area contributed by atoms with Gasteiger partial charge in [0, 0.05) is 24.3 Å². The van der Waals surface area contributed by atoms with Crippen molar-refractivity contribution in [3.63, 3.8) is 0 Å². The fraction of sp³-hybridized carbons (Fsp3) is 0.722. The van der Waals surface area contributed by atoms with Crippen LogP contribution in [0.15, 0.2) is 18.2 Å². The second-order valence-corrected chi connectivity index (χ2v) is 7.25. The third kappa shape index (κ3) is 3.29. The monoisotopic (exact) mass is 287 g/mol. The van der Waals surface area contributed by atoms with E-state index in [1.165, 1.54) is 44.2 Å². The molecule has 0 saturated heterocycles. The van der Waals surface area contributed by atoms with Crippen LogP contribution in [-0.4, -0.2) is 29.0 Å². The summed E-state index contributed by atoms with van der Waals surface area (Å²) in [7, 11) is 2.24. The van der Waals surface area contributed by atoms with Gasteiger partial charge in [0.1, 0.15) is 0 Å². The topological polar surface area (TPSA) is 42.1 Å². The standard InChI is InChI=1S/C18H29N3/c1-14-5-3-7-17(20-14)12-21(2)18(13-19)10-4-6-16(11-18)15-8-9-15/h3,5,7,15-16H,4,6,8-13,19H2,1-2H3. The summed E-state index contributed by atoms with van der Waals surface area (Å²) in [5, 5.41) is 0. The number of hydrogen-bond acceptors (Lipinski definition) is 3. The Balaban J connectivity index is 1.71. The lowest BCUT2D eigenvalue weighted by Gasteiger charge is -2.47. The smallest absolute Gasteiger partial charge is 0.0547 e. The number of aryl methyl sites for hydroxylation is 1. The van der Waals surface area contributed by atoms with E-state index in [1.54, 1.807) is 0 Å². The van der Waals surface area contributed by atoms with Crippen LogP contribution in [0.3, 0.4) is 0 Å². The number of nitrogens with zero attached hydrogens (tertiary/aromatic N) is 2. The van der Waals surface area contributed by atoms with Gasteiger partial charge in [-0.1, -0.05) is 18.9 Å². The van der Waals surface area contributed by atoms with Crippen LogP contribution in [0.2, 0.25) is 0 Å². The molecule has 0 radical (unpaired) electrons. The van der Waals surface area contributed by atoms with E-state index in [0.717, 1.165) is 30.6 Å². The summed E-state index contributed by atoms with van der Waals surface area (Å²) >= 11 is 0. The molecule has 0 amide bonds. The van der Waals surface area contributed by atoms with Crippen molar-refractivity contribution in [2.75, 3.05) is 13.6 Å². The van der Waals surface area contributed by atoms with Gasteiger partial charge in [0.05, 0.1) is 5.69 Å². The predicted molar refractivity (Wildman–Crippen MR) is 86.9 cm³/mol. The van der Waals surface area contributed by atoms with Crippen molar-refractivity contribution in [2.45, 2.75) is 57.5 Å². The van der Waals surface area contributed by atoms with Gasteiger partial charge in [0.15, 0.2) is 0 Å². The number of likely N-dealkylation sites (N-methyl/N-ethyl adjacent to an activating group) is 1. The zero-order chi connectivity index (χ0) is 14.9. The van der Waals surface area contributed by atoms with Gasteiger partial charge in [-0.2, -0.15) is 0 Å². The molecule has 0 bridgehead atoms. The Bertz CT molecular complexity index is 483. The van der Waals surface area contributed by atoms with Gasteiger partial charge in [0.2, 0.25) is 0 Å². The van der Waals surface area contributed by atoms with Crippen molar-refractivity contribution in [1.29, 1.82) is 0 Å². The predicted octanol–water partition coefficient (Wildman–Crippen LogP) is 3.12. The largest absolute Gasteiger partial charge is 0.329 e. The van der Waals surface area contributed by atoms with Crippen LogP contribution in [0.5, 0.6) is 0 Å². The van der Waals surface area contributed by atoms with Gasteiger partial charge in [-0.25, -0.2) is 0 Å². The number of pyridine rings is 1. The maximum Gasteiger partial charge on any atom is 0.0547 e. The highest BCUT2D eigenvalue weighted by Crippen LogP contribution is 2.47. The highest BCUT2D eigenvalue weighted by molar-refractivity contribution is 5.11. The highest BCUT2D eigenvalue weighted by Gasteiger charge is 2.43. The Morgan fingerprint density at radius 2 is 2.10 bits per heavy atom. The normalized spacial score (nSPS) is 29.8. The summed E-state index contributed by atoms with van der Waals surface area (Å²) in [6.45, 7) is 3.75. The Hall–Kier alpha value is -0.930. The molecule has 3 heteroatoms. The molecule has 0 spiro atoms. The zero-order valence-corrected chi connectivity index (χ0v) is 13.5. The molecule has 0 aromatic carbocycles. The number of hydrogen-bond donors (Lipinski definition) is 1. The molecule has 2 fully saturated rings. The van der Waals surface area contributed by atoms with E-state index in [2.05, 4.69) is 42.1 Å². The first-order valence-electron chi connectivity index (χ1n) is 8.47. The maximum absolute atomic E-state index is 6.24. The molecule has 3 nitrogen and oxygen atoms in total. The number of nitrogens with two attached hydrogens (primary N) is 1. The molecule has 3 rings (SSSR count). The minimum atomic E-state index is 0.191. The van der Waals surface area contributed by atoms with Gasteiger partial charge in [-0.05, 0) is 63.6 Å². The zero-order valence-electron chi connectivity index (χ0n) is 13.5. The maximum atomic E-state index is 6.24. The fourth-order valence-electron chi connectivity index (χ4n) is 4.14. The van der Waals surface area contributed by atoms with Crippen molar-refractivity contribution in [2.24, 2.45) is 17.6 Å². The molecule has 21 heavy (non-hydrogen) atoms. The van der Waals surface area contributed by atoms with Crippen LogP contribution >= 0.6 is 0 Å². The second-order valence-electron chi connectivity index (χ2n) is 7.25. The van der Waals surface area contributed by atoms with Crippen LogP contribution in [0, 0.1) is 18.8 Å². The van der Waals surface area contributed by atoms with E-state index < -0.39 is 0 Å². The molecule has 116 valence electrons. The third-order valence-electron chi connectivity index (χ3n) is 5.68. The third-order valence-corrected chi connectivity index (χ3v) is 5.68. The molecule has 2 saturated carbocycles. The summed E-state index contributed by atoms with van der Waals surface area (Å²) in [6.07, 6.45) is 8.20. The van der Waals surface area contributed by atoms with Gasteiger partial charge < -0.3 is 5.73 Å². The molecule has 2 N–H and O–H groups in total. The van der Waals surface area contributed by atoms with Crippen LogP contribution in [-0.2, 0) is 6.54 Å². The number of aromatic nitrogens is 1. The lowest BCUT2D eigenvalue weighted by atomic mass is 9.73. The summed E-state index contributed by atoms with van der Waals surface area (Å²) in [5.74, 6) is 1.91. The molecular weight excluding hydrogens is 258 g/mol. The van der Waals surface area contributed by atoms with Gasteiger partial charge in [-0.15, -0.1) is 0 Å². The Labute approximate surface area is 128 Å². The molecule has 2 aliphatic carbocycles. The SMILES string of the molecule is Cc1cccc(CN(C)C2(CN)CCCC(C3CC3)C2)n1. The molecule has 2 aliphatic rings. The van der Waals surface area contributed by atoms with Crippen LogP contribution < -0.4 is 5.73 Å². The first kappa shape index (κ1) is 15.0. The summed E-state index contributed by atoms with van der Waals surface area (Å²) in [6, 6.07) is 6.30. The highest BCUT2D eigenvalue weighted by atomic mass is 15.2. The molecule has 2 atom stereocenters. The minimum absolute atomic E-state index is 0.191. The fourth-order valence-corrected chi connectivity index (χ4v) is 4.14.